The zero-order valence-electron chi connectivity index (χ0n) is 19.1. The van der Waals surface area contributed by atoms with E-state index in [2.05, 4.69) is 15.5 Å². The van der Waals surface area contributed by atoms with Crippen LogP contribution in [0.15, 0.2) is 16.8 Å². The molecule has 4 rings (SSSR count). The predicted molar refractivity (Wildman–Crippen MR) is 119 cm³/mol. The standard InChI is InChI=1S/C24H34N4O4/c1-16-11-22(32-28-16)21-13-25-17(2)27-24(21)19-8-6-18(7-9-19)12-26-23(29)15-30-14-20-5-3-4-10-31-20/h11,13,18-20H,3-10,12,14-15H2,1-2H3,(H,26,29)/t18?,19?,20-/m0/s1. The van der Waals surface area contributed by atoms with Gasteiger partial charge in [-0.3, -0.25) is 4.79 Å². The number of amides is 1. The lowest BCUT2D eigenvalue weighted by Gasteiger charge is -2.29. The van der Waals surface area contributed by atoms with Crippen LogP contribution in [0.5, 0.6) is 0 Å². The SMILES string of the molecule is Cc1cc(-c2cnc(C)nc2C2CCC(CNC(=O)COC[C@@H]3CCCCO3)CC2)on1. The van der Waals surface area contributed by atoms with Crippen LogP contribution in [-0.4, -0.2) is 53.5 Å². The van der Waals surface area contributed by atoms with E-state index in [1.54, 1.807) is 0 Å². The molecule has 8 nitrogen and oxygen atoms in total. The zero-order valence-corrected chi connectivity index (χ0v) is 19.1. The third-order valence-electron chi connectivity index (χ3n) is 6.46. The molecule has 32 heavy (non-hydrogen) atoms. The fourth-order valence-corrected chi connectivity index (χ4v) is 4.65. The normalized spacial score (nSPS) is 23.8. The van der Waals surface area contributed by atoms with Crippen molar-refractivity contribution >= 4 is 5.91 Å². The summed E-state index contributed by atoms with van der Waals surface area (Å²) in [5, 5.41) is 7.05. The van der Waals surface area contributed by atoms with Gasteiger partial charge < -0.3 is 19.3 Å². The monoisotopic (exact) mass is 442 g/mol. The average molecular weight is 443 g/mol. The molecule has 1 atom stereocenters. The van der Waals surface area contributed by atoms with E-state index in [4.69, 9.17) is 19.0 Å². The van der Waals surface area contributed by atoms with Crippen LogP contribution in [0, 0.1) is 19.8 Å². The van der Waals surface area contributed by atoms with Crippen molar-refractivity contribution in [3.63, 3.8) is 0 Å². The molecule has 0 radical (unpaired) electrons. The molecular weight excluding hydrogens is 408 g/mol. The van der Waals surface area contributed by atoms with E-state index < -0.39 is 0 Å². The van der Waals surface area contributed by atoms with E-state index in [1.165, 1.54) is 6.42 Å². The van der Waals surface area contributed by atoms with Crippen molar-refractivity contribution < 1.29 is 18.8 Å². The molecule has 1 saturated heterocycles. The number of carbonyl (C=O) groups excluding carboxylic acids is 1. The largest absolute Gasteiger partial charge is 0.376 e. The third-order valence-corrected chi connectivity index (χ3v) is 6.46. The van der Waals surface area contributed by atoms with Gasteiger partial charge in [0.2, 0.25) is 5.91 Å². The van der Waals surface area contributed by atoms with E-state index >= 15 is 0 Å². The van der Waals surface area contributed by atoms with Crippen LogP contribution in [0.2, 0.25) is 0 Å². The fraction of sp³-hybridized carbons (Fsp3) is 0.667. The molecule has 3 heterocycles. The molecule has 174 valence electrons. The van der Waals surface area contributed by atoms with Crippen LogP contribution in [0.25, 0.3) is 11.3 Å². The van der Waals surface area contributed by atoms with Crippen molar-refractivity contribution in [2.75, 3.05) is 26.4 Å². The molecule has 2 aliphatic rings. The first-order valence-corrected chi connectivity index (χ1v) is 11.8. The summed E-state index contributed by atoms with van der Waals surface area (Å²) in [5.74, 6) is 2.30. The van der Waals surface area contributed by atoms with Crippen LogP contribution in [0.4, 0.5) is 0 Å². The van der Waals surface area contributed by atoms with Crippen LogP contribution < -0.4 is 5.32 Å². The van der Waals surface area contributed by atoms with Crippen molar-refractivity contribution in [2.24, 2.45) is 5.92 Å². The second-order valence-electron chi connectivity index (χ2n) is 9.07. The van der Waals surface area contributed by atoms with Crippen molar-refractivity contribution in [3.05, 3.63) is 29.5 Å². The summed E-state index contributed by atoms with van der Waals surface area (Å²) < 4.78 is 16.7. The Morgan fingerprint density at radius 3 is 2.75 bits per heavy atom. The van der Waals surface area contributed by atoms with Crippen molar-refractivity contribution in [3.8, 4) is 11.3 Å². The summed E-state index contributed by atoms with van der Waals surface area (Å²) >= 11 is 0. The fourth-order valence-electron chi connectivity index (χ4n) is 4.65. The number of aryl methyl sites for hydroxylation is 2. The van der Waals surface area contributed by atoms with Gasteiger partial charge in [-0.05, 0) is 64.7 Å². The Morgan fingerprint density at radius 2 is 2.03 bits per heavy atom. The van der Waals surface area contributed by atoms with Crippen molar-refractivity contribution in [2.45, 2.75) is 70.8 Å². The number of nitrogens with one attached hydrogen (secondary N) is 1. The molecule has 1 saturated carbocycles. The van der Waals surface area contributed by atoms with Gasteiger partial charge in [0.25, 0.3) is 0 Å². The summed E-state index contributed by atoms with van der Waals surface area (Å²) in [6.45, 7) is 5.95. The highest BCUT2D eigenvalue weighted by Crippen LogP contribution is 2.38. The lowest BCUT2D eigenvalue weighted by molar-refractivity contribution is -0.128. The van der Waals surface area contributed by atoms with Gasteiger partial charge in [0.1, 0.15) is 12.4 Å². The van der Waals surface area contributed by atoms with Gasteiger partial charge in [0, 0.05) is 31.3 Å². The predicted octanol–water partition coefficient (Wildman–Crippen LogP) is 3.72. The zero-order chi connectivity index (χ0) is 22.3. The number of rotatable bonds is 8. The minimum absolute atomic E-state index is 0.0441. The van der Waals surface area contributed by atoms with Gasteiger partial charge in [0.05, 0.1) is 29.7 Å². The minimum Gasteiger partial charge on any atom is -0.376 e. The second kappa shape index (κ2) is 11.0. The molecule has 1 N–H and O–H groups in total. The Labute approximate surface area is 189 Å². The number of aromatic nitrogens is 3. The molecule has 1 aliphatic heterocycles. The molecule has 0 bridgehead atoms. The maximum Gasteiger partial charge on any atom is 0.246 e. The quantitative estimate of drug-likeness (QED) is 0.665. The average Bonchev–Trinajstić information content (AvgIpc) is 3.25. The summed E-state index contributed by atoms with van der Waals surface area (Å²) in [5.41, 5.74) is 2.84. The van der Waals surface area contributed by atoms with Crippen LogP contribution in [0.3, 0.4) is 0 Å². The highest BCUT2D eigenvalue weighted by Gasteiger charge is 2.27. The van der Waals surface area contributed by atoms with Gasteiger partial charge in [-0.2, -0.15) is 0 Å². The van der Waals surface area contributed by atoms with Gasteiger partial charge in [-0.1, -0.05) is 5.16 Å². The highest BCUT2D eigenvalue weighted by molar-refractivity contribution is 5.77. The Hall–Kier alpha value is -2.32. The van der Waals surface area contributed by atoms with Gasteiger partial charge in [-0.25, -0.2) is 9.97 Å². The van der Waals surface area contributed by atoms with E-state index in [-0.39, 0.29) is 18.6 Å². The summed E-state index contributed by atoms with van der Waals surface area (Å²) in [6, 6.07) is 1.93. The number of nitrogens with zero attached hydrogens (tertiary/aromatic N) is 3. The molecule has 0 spiro atoms. The van der Waals surface area contributed by atoms with E-state index in [0.29, 0.717) is 25.0 Å². The number of ether oxygens (including phenoxy) is 2. The topological polar surface area (TPSA) is 99.4 Å². The second-order valence-corrected chi connectivity index (χ2v) is 9.07. The molecule has 8 heteroatoms. The highest BCUT2D eigenvalue weighted by atomic mass is 16.5. The van der Waals surface area contributed by atoms with Crippen LogP contribution in [0.1, 0.15) is 68.1 Å². The summed E-state index contributed by atoms with van der Waals surface area (Å²) in [6.07, 6.45) is 9.49. The summed E-state index contributed by atoms with van der Waals surface area (Å²) in [4.78, 5) is 21.3. The third kappa shape index (κ3) is 6.13. The molecule has 2 fully saturated rings. The first-order valence-electron chi connectivity index (χ1n) is 11.8. The lowest BCUT2D eigenvalue weighted by atomic mass is 9.79. The smallest absolute Gasteiger partial charge is 0.246 e. The molecule has 2 aromatic heterocycles. The van der Waals surface area contributed by atoms with E-state index in [0.717, 1.165) is 73.7 Å². The maximum absolute atomic E-state index is 12.1. The minimum atomic E-state index is -0.0441. The maximum atomic E-state index is 12.1. The van der Waals surface area contributed by atoms with Gasteiger partial charge in [0.15, 0.2) is 5.76 Å². The molecule has 0 aromatic carbocycles. The molecule has 1 amide bonds. The Kier molecular flexibility index (Phi) is 7.86. The van der Waals surface area contributed by atoms with Crippen molar-refractivity contribution in [1.29, 1.82) is 0 Å². The van der Waals surface area contributed by atoms with Crippen LogP contribution in [-0.2, 0) is 14.3 Å². The first-order chi connectivity index (χ1) is 15.6. The van der Waals surface area contributed by atoms with Gasteiger partial charge >= 0.3 is 0 Å². The first kappa shape index (κ1) is 22.9. The van der Waals surface area contributed by atoms with Crippen molar-refractivity contribution in [1.82, 2.24) is 20.4 Å². The van der Waals surface area contributed by atoms with E-state index in [9.17, 15) is 4.79 Å². The molecule has 1 aliphatic carbocycles. The summed E-state index contributed by atoms with van der Waals surface area (Å²) in [7, 11) is 0. The molecular formula is C24H34N4O4. The lowest BCUT2D eigenvalue weighted by Crippen LogP contribution is -2.34. The molecule has 0 unspecified atom stereocenters. The Morgan fingerprint density at radius 1 is 1.19 bits per heavy atom. The van der Waals surface area contributed by atoms with E-state index in [1.807, 2.05) is 26.1 Å². The number of carbonyl (C=O) groups is 1. The van der Waals surface area contributed by atoms with Gasteiger partial charge in [-0.15, -0.1) is 0 Å². The number of hydrogen-bond donors (Lipinski definition) is 1. The Balaban J connectivity index is 1.22. The molecule has 2 aromatic rings. The number of hydrogen-bond acceptors (Lipinski definition) is 7. The van der Waals surface area contributed by atoms with Crippen LogP contribution >= 0.6 is 0 Å². The Bertz CT molecular complexity index is 886.